The van der Waals surface area contributed by atoms with Crippen molar-refractivity contribution < 1.29 is 5.11 Å². The first-order chi connectivity index (χ1) is 4.68. The maximum Gasteiger partial charge on any atom is 0.186 e. The van der Waals surface area contributed by atoms with Crippen molar-refractivity contribution in [3.63, 3.8) is 0 Å². The number of aliphatic hydroxyl groups excluding tert-OH is 1. The van der Waals surface area contributed by atoms with Gasteiger partial charge in [0, 0.05) is 0 Å². The third-order valence-electron chi connectivity index (χ3n) is 0.856. The second-order valence-electron chi connectivity index (χ2n) is 1.89. The molecule has 0 saturated heterocycles. The number of anilines is 2. The van der Waals surface area contributed by atoms with E-state index in [1.165, 1.54) is 11.3 Å². The molecule has 0 unspecified atom stereocenters. The third kappa shape index (κ3) is 1.85. The number of nitrogens with one attached hydrogen (secondary N) is 1. The Balaban J connectivity index is 2.58. The SMILES string of the molecule is C[C@H](O)Nc1ncc(N)s1. The molecule has 1 rings (SSSR count). The van der Waals surface area contributed by atoms with E-state index in [0.717, 1.165) is 0 Å². The lowest BCUT2D eigenvalue weighted by Gasteiger charge is -2.02. The Hall–Kier alpha value is -0.810. The number of hydrogen-bond acceptors (Lipinski definition) is 5. The molecule has 5 heteroatoms. The summed E-state index contributed by atoms with van der Waals surface area (Å²) in [6, 6.07) is 0. The van der Waals surface area contributed by atoms with Gasteiger partial charge in [-0.1, -0.05) is 11.3 Å². The molecule has 56 valence electrons. The van der Waals surface area contributed by atoms with Crippen molar-refractivity contribution in [2.75, 3.05) is 11.1 Å². The van der Waals surface area contributed by atoms with Crippen molar-refractivity contribution in [2.45, 2.75) is 13.2 Å². The smallest absolute Gasteiger partial charge is 0.186 e. The average molecular weight is 159 g/mol. The zero-order valence-corrected chi connectivity index (χ0v) is 6.35. The second-order valence-corrected chi connectivity index (χ2v) is 2.95. The minimum Gasteiger partial charge on any atom is -0.389 e. The summed E-state index contributed by atoms with van der Waals surface area (Å²) < 4.78 is 0. The van der Waals surface area contributed by atoms with Crippen molar-refractivity contribution in [1.29, 1.82) is 0 Å². The Kier molecular flexibility index (Phi) is 2.08. The molecule has 0 aliphatic heterocycles. The highest BCUT2D eigenvalue weighted by molar-refractivity contribution is 7.19. The van der Waals surface area contributed by atoms with Gasteiger partial charge in [-0.3, -0.25) is 0 Å². The van der Waals surface area contributed by atoms with Crippen molar-refractivity contribution in [3.05, 3.63) is 6.20 Å². The van der Waals surface area contributed by atoms with Crippen molar-refractivity contribution >= 4 is 21.5 Å². The van der Waals surface area contributed by atoms with Gasteiger partial charge in [0.05, 0.1) is 6.20 Å². The number of nitrogens with zero attached hydrogens (tertiary/aromatic N) is 1. The maximum absolute atomic E-state index is 8.83. The summed E-state index contributed by atoms with van der Waals surface area (Å²) in [5.74, 6) is 0. The summed E-state index contributed by atoms with van der Waals surface area (Å²) in [6.45, 7) is 1.62. The van der Waals surface area contributed by atoms with Gasteiger partial charge in [-0.2, -0.15) is 0 Å². The molecule has 1 aromatic rings. The van der Waals surface area contributed by atoms with Gasteiger partial charge in [0.25, 0.3) is 0 Å². The van der Waals surface area contributed by atoms with E-state index in [9.17, 15) is 0 Å². The van der Waals surface area contributed by atoms with Gasteiger partial charge in [0.15, 0.2) is 5.13 Å². The van der Waals surface area contributed by atoms with Crippen LogP contribution >= 0.6 is 11.3 Å². The number of thiazole rings is 1. The Morgan fingerprint density at radius 3 is 3.00 bits per heavy atom. The van der Waals surface area contributed by atoms with Crippen LogP contribution in [0.2, 0.25) is 0 Å². The zero-order valence-electron chi connectivity index (χ0n) is 5.53. The molecule has 0 fully saturated rings. The summed E-state index contributed by atoms with van der Waals surface area (Å²) in [5.41, 5.74) is 5.39. The molecule has 4 nitrogen and oxygen atoms in total. The van der Waals surface area contributed by atoms with Crippen molar-refractivity contribution in [1.82, 2.24) is 4.98 Å². The van der Waals surface area contributed by atoms with Crippen LogP contribution in [-0.2, 0) is 0 Å². The molecule has 0 aliphatic carbocycles. The van der Waals surface area contributed by atoms with Crippen LogP contribution in [0.15, 0.2) is 6.20 Å². The quantitative estimate of drug-likeness (QED) is 0.549. The summed E-state index contributed by atoms with van der Waals surface area (Å²) in [6.07, 6.45) is 0.973. The summed E-state index contributed by atoms with van der Waals surface area (Å²) in [5, 5.41) is 12.8. The minimum absolute atomic E-state index is 0.578. The van der Waals surface area contributed by atoms with E-state index >= 15 is 0 Å². The molecule has 0 bridgehead atoms. The molecule has 0 spiro atoms. The molecule has 1 atom stereocenters. The monoisotopic (exact) mass is 159 g/mol. The fraction of sp³-hybridized carbons (Fsp3) is 0.400. The van der Waals surface area contributed by atoms with Crippen molar-refractivity contribution in [3.8, 4) is 0 Å². The van der Waals surface area contributed by atoms with Gasteiger partial charge >= 0.3 is 0 Å². The summed E-state index contributed by atoms with van der Waals surface area (Å²) in [4.78, 5) is 3.88. The van der Waals surface area contributed by atoms with Crippen LogP contribution in [0.4, 0.5) is 10.1 Å². The standard InChI is InChI=1S/C5H9N3OS/c1-3(9)8-5-7-2-4(6)10-5/h2-3,9H,6H2,1H3,(H,7,8)/t3-/m0/s1. The lowest BCUT2D eigenvalue weighted by molar-refractivity contribution is 0.224. The fourth-order valence-corrected chi connectivity index (χ4v) is 1.20. The lowest BCUT2D eigenvalue weighted by Crippen LogP contribution is -2.12. The average Bonchev–Trinajstić information content (AvgIpc) is 2.13. The number of nitrogen functional groups attached to an aromatic ring is 1. The molecule has 1 heterocycles. The number of nitrogens with two attached hydrogens (primary N) is 1. The van der Waals surface area contributed by atoms with E-state index in [-0.39, 0.29) is 0 Å². The fourth-order valence-electron chi connectivity index (χ4n) is 0.532. The summed E-state index contributed by atoms with van der Waals surface area (Å²) >= 11 is 1.31. The predicted octanol–water partition coefficient (Wildman–Crippen LogP) is 0.475. The van der Waals surface area contributed by atoms with Gasteiger partial charge in [0.2, 0.25) is 0 Å². The molecule has 0 radical (unpaired) electrons. The number of hydrogen-bond donors (Lipinski definition) is 3. The molecular formula is C5H9N3OS. The van der Waals surface area contributed by atoms with Gasteiger partial charge in [0.1, 0.15) is 11.2 Å². The number of aliphatic hydroxyl groups is 1. The molecule has 0 aliphatic rings. The molecule has 4 N–H and O–H groups in total. The van der Waals surface area contributed by atoms with E-state index in [1.807, 2.05) is 0 Å². The Labute approximate surface area is 62.7 Å². The molecule has 1 aromatic heterocycles. The topological polar surface area (TPSA) is 71.2 Å². The molecular weight excluding hydrogens is 150 g/mol. The van der Waals surface area contributed by atoms with Gasteiger partial charge in [-0.05, 0) is 6.92 Å². The van der Waals surface area contributed by atoms with Gasteiger partial charge in [-0.15, -0.1) is 0 Å². The molecule has 0 saturated carbocycles. The Morgan fingerprint density at radius 2 is 2.60 bits per heavy atom. The lowest BCUT2D eigenvalue weighted by atomic mass is 10.7. The van der Waals surface area contributed by atoms with Crippen molar-refractivity contribution in [2.24, 2.45) is 0 Å². The van der Waals surface area contributed by atoms with Crippen LogP contribution in [0.25, 0.3) is 0 Å². The highest BCUT2D eigenvalue weighted by Crippen LogP contribution is 2.19. The zero-order chi connectivity index (χ0) is 7.56. The number of rotatable bonds is 2. The van der Waals surface area contributed by atoms with Gasteiger partial charge in [-0.25, -0.2) is 4.98 Å². The van der Waals surface area contributed by atoms with Crippen LogP contribution < -0.4 is 11.1 Å². The second kappa shape index (κ2) is 2.85. The van der Waals surface area contributed by atoms with Crippen LogP contribution in [0.1, 0.15) is 6.92 Å². The predicted molar refractivity (Wildman–Crippen MR) is 41.8 cm³/mol. The third-order valence-corrected chi connectivity index (χ3v) is 1.61. The van der Waals surface area contributed by atoms with E-state index < -0.39 is 6.23 Å². The normalized spacial score (nSPS) is 13.0. The first kappa shape index (κ1) is 7.30. The van der Waals surface area contributed by atoms with Crippen LogP contribution in [0.5, 0.6) is 0 Å². The highest BCUT2D eigenvalue weighted by atomic mass is 32.1. The van der Waals surface area contributed by atoms with E-state index in [4.69, 9.17) is 10.8 Å². The van der Waals surface area contributed by atoms with E-state index in [0.29, 0.717) is 10.1 Å². The Morgan fingerprint density at radius 1 is 1.90 bits per heavy atom. The van der Waals surface area contributed by atoms with Crippen LogP contribution in [0.3, 0.4) is 0 Å². The highest BCUT2D eigenvalue weighted by Gasteiger charge is 1.99. The van der Waals surface area contributed by atoms with Crippen LogP contribution in [0, 0.1) is 0 Å². The van der Waals surface area contributed by atoms with E-state index in [2.05, 4.69) is 10.3 Å². The summed E-state index contributed by atoms with van der Waals surface area (Å²) in [7, 11) is 0. The first-order valence-corrected chi connectivity index (χ1v) is 3.66. The van der Waals surface area contributed by atoms with Gasteiger partial charge < -0.3 is 16.2 Å². The molecule has 0 amide bonds. The first-order valence-electron chi connectivity index (χ1n) is 2.84. The number of aromatic nitrogens is 1. The van der Waals surface area contributed by atoms with E-state index in [1.54, 1.807) is 13.1 Å². The molecule has 10 heavy (non-hydrogen) atoms. The largest absolute Gasteiger partial charge is 0.389 e. The Bertz CT molecular complexity index is 210. The maximum atomic E-state index is 8.83. The molecule has 0 aromatic carbocycles. The minimum atomic E-state index is -0.578. The van der Waals surface area contributed by atoms with Crippen LogP contribution in [-0.4, -0.2) is 16.3 Å².